The number of aromatic nitrogens is 1. The fourth-order valence-electron chi connectivity index (χ4n) is 3.18. The molecule has 0 N–H and O–H groups in total. The average Bonchev–Trinajstić information content (AvgIpc) is 2.48. The second kappa shape index (κ2) is 5.58. The standard InChI is InChI=1S/C18H19NO/c1-13-6-4-9-16(14-7-5-8-15(20)12-14)18(13)17-10-2-3-11-19-17/h2-4,6,9-11,14H,5,7-8,12H2,1H3. The van der Waals surface area contributed by atoms with Crippen LogP contribution in [0.5, 0.6) is 0 Å². The zero-order valence-electron chi connectivity index (χ0n) is 11.8. The Morgan fingerprint density at radius 3 is 2.80 bits per heavy atom. The van der Waals surface area contributed by atoms with Gasteiger partial charge in [-0.1, -0.05) is 24.3 Å². The van der Waals surface area contributed by atoms with E-state index >= 15 is 0 Å². The van der Waals surface area contributed by atoms with Gasteiger partial charge in [-0.15, -0.1) is 0 Å². The molecule has 1 atom stereocenters. The lowest BCUT2D eigenvalue weighted by molar-refractivity contribution is -0.120. The minimum Gasteiger partial charge on any atom is -0.300 e. The van der Waals surface area contributed by atoms with Crippen molar-refractivity contribution in [2.45, 2.75) is 38.5 Å². The highest BCUT2D eigenvalue weighted by Gasteiger charge is 2.24. The monoisotopic (exact) mass is 265 g/mol. The van der Waals surface area contributed by atoms with Gasteiger partial charge in [-0.3, -0.25) is 9.78 Å². The maximum atomic E-state index is 11.8. The van der Waals surface area contributed by atoms with Crippen molar-refractivity contribution in [2.75, 3.05) is 0 Å². The number of aryl methyl sites for hydroxylation is 1. The van der Waals surface area contributed by atoms with E-state index in [1.165, 1.54) is 16.7 Å². The molecule has 0 spiro atoms. The summed E-state index contributed by atoms with van der Waals surface area (Å²) in [5.74, 6) is 0.753. The molecule has 1 aromatic carbocycles. The highest BCUT2D eigenvalue weighted by molar-refractivity contribution is 5.81. The lowest BCUT2D eigenvalue weighted by Crippen LogP contribution is -2.14. The smallest absolute Gasteiger partial charge is 0.133 e. The van der Waals surface area contributed by atoms with E-state index in [0.29, 0.717) is 18.1 Å². The van der Waals surface area contributed by atoms with Gasteiger partial charge in [0.1, 0.15) is 5.78 Å². The van der Waals surface area contributed by atoms with Crippen LogP contribution in [0, 0.1) is 6.92 Å². The number of ketones is 1. The van der Waals surface area contributed by atoms with Crippen molar-refractivity contribution >= 4 is 5.78 Å². The molecule has 1 fully saturated rings. The number of carbonyl (C=O) groups excluding carboxylic acids is 1. The molecule has 2 heteroatoms. The van der Waals surface area contributed by atoms with Gasteiger partial charge in [0.05, 0.1) is 5.69 Å². The topological polar surface area (TPSA) is 30.0 Å². The molecule has 0 saturated heterocycles. The van der Waals surface area contributed by atoms with Gasteiger partial charge in [-0.2, -0.15) is 0 Å². The third kappa shape index (κ3) is 2.51. The van der Waals surface area contributed by atoms with Gasteiger partial charge in [0.25, 0.3) is 0 Å². The van der Waals surface area contributed by atoms with Crippen LogP contribution in [0.4, 0.5) is 0 Å². The predicted molar refractivity (Wildman–Crippen MR) is 80.6 cm³/mol. The Morgan fingerprint density at radius 2 is 2.05 bits per heavy atom. The van der Waals surface area contributed by atoms with Crippen molar-refractivity contribution in [3.05, 3.63) is 53.7 Å². The number of hydrogen-bond donors (Lipinski definition) is 0. The fraction of sp³-hybridized carbons (Fsp3) is 0.333. The molecule has 102 valence electrons. The van der Waals surface area contributed by atoms with Gasteiger partial charge in [-0.05, 0) is 48.9 Å². The van der Waals surface area contributed by atoms with Crippen LogP contribution in [0.25, 0.3) is 11.3 Å². The van der Waals surface area contributed by atoms with E-state index < -0.39 is 0 Å². The lowest BCUT2D eigenvalue weighted by Gasteiger charge is -2.24. The highest BCUT2D eigenvalue weighted by Crippen LogP contribution is 2.37. The first-order chi connectivity index (χ1) is 9.75. The van der Waals surface area contributed by atoms with Crippen LogP contribution in [0.1, 0.15) is 42.7 Å². The molecule has 1 aliphatic carbocycles. The normalized spacial score (nSPS) is 19.1. The Kier molecular flexibility index (Phi) is 3.64. The third-order valence-corrected chi connectivity index (χ3v) is 4.15. The summed E-state index contributed by atoms with van der Waals surface area (Å²) in [6.45, 7) is 2.12. The van der Waals surface area contributed by atoms with Crippen LogP contribution in [-0.2, 0) is 4.79 Å². The number of benzene rings is 1. The van der Waals surface area contributed by atoms with Crippen molar-refractivity contribution in [1.29, 1.82) is 0 Å². The largest absolute Gasteiger partial charge is 0.300 e. The first-order valence-electron chi connectivity index (χ1n) is 7.28. The Bertz CT molecular complexity index is 619. The summed E-state index contributed by atoms with van der Waals surface area (Å²) in [5.41, 5.74) is 4.75. The van der Waals surface area contributed by atoms with Gasteiger partial charge < -0.3 is 0 Å². The Balaban J connectivity index is 2.07. The molecule has 20 heavy (non-hydrogen) atoms. The molecule has 0 aliphatic heterocycles. The second-order valence-corrected chi connectivity index (χ2v) is 5.59. The summed E-state index contributed by atoms with van der Waals surface area (Å²) in [7, 11) is 0. The lowest BCUT2D eigenvalue weighted by atomic mass is 9.80. The SMILES string of the molecule is Cc1cccc(C2CCCC(=O)C2)c1-c1ccccn1. The number of rotatable bonds is 2. The van der Waals surface area contributed by atoms with Crippen molar-refractivity contribution < 1.29 is 4.79 Å². The van der Waals surface area contributed by atoms with Crippen LogP contribution in [0.15, 0.2) is 42.6 Å². The molecule has 1 aliphatic rings. The predicted octanol–water partition coefficient (Wildman–Crippen LogP) is 4.28. The third-order valence-electron chi connectivity index (χ3n) is 4.15. The zero-order chi connectivity index (χ0) is 13.9. The van der Waals surface area contributed by atoms with Crippen molar-refractivity contribution in [1.82, 2.24) is 4.98 Å². The van der Waals surface area contributed by atoms with Crippen molar-refractivity contribution in [3.63, 3.8) is 0 Å². The van der Waals surface area contributed by atoms with Gasteiger partial charge >= 0.3 is 0 Å². The summed E-state index contributed by atoms with van der Waals surface area (Å²) in [4.78, 5) is 16.3. The molecule has 2 nitrogen and oxygen atoms in total. The molecule has 1 aromatic heterocycles. The van der Waals surface area contributed by atoms with E-state index in [-0.39, 0.29) is 0 Å². The molecule has 1 heterocycles. The van der Waals surface area contributed by atoms with E-state index in [1.54, 1.807) is 0 Å². The number of carbonyl (C=O) groups is 1. The van der Waals surface area contributed by atoms with Gasteiger partial charge in [0.15, 0.2) is 0 Å². The molecule has 1 saturated carbocycles. The average molecular weight is 265 g/mol. The molecular formula is C18H19NO. The second-order valence-electron chi connectivity index (χ2n) is 5.59. The summed E-state index contributed by atoms with van der Waals surface area (Å²) in [6, 6.07) is 12.4. The van der Waals surface area contributed by atoms with E-state index in [1.807, 2.05) is 18.3 Å². The van der Waals surface area contributed by atoms with Crippen molar-refractivity contribution in [3.8, 4) is 11.3 Å². The number of Topliss-reactive ketones (excluding diaryl/α,β-unsaturated/α-hetero) is 1. The minimum absolute atomic E-state index is 0.355. The summed E-state index contributed by atoms with van der Waals surface area (Å²) >= 11 is 0. The van der Waals surface area contributed by atoms with E-state index in [4.69, 9.17) is 0 Å². The first kappa shape index (κ1) is 13.0. The van der Waals surface area contributed by atoms with Crippen LogP contribution >= 0.6 is 0 Å². The Morgan fingerprint density at radius 1 is 1.15 bits per heavy atom. The zero-order valence-corrected chi connectivity index (χ0v) is 11.8. The quantitative estimate of drug-likeness (QED) is 0.811. The van der Waals surface area contributed by atoms with Crippen LogP contribution in [-0.4, -0.2) is 10.8 Å². The number of hydrogen-bond acceptors (Lipinski definition) is 2. The number of pyridine rings is 1. The van der Waals surface area contributed by atoms with Crippen LogP contribution in [0.3, 0.4) is 0 Å². The van der Waals surface area contributed by atoms with Crippen LogP contribution < -0.4 is 0 Å². The molecule has 0 radical (unpaired) electrons. The first-order valence-corrected chi connectivity index (χ1v) is 7.28. The maximum absolute atomic E-state index is 11.8. The molecule has 2 aromatic rings. The number of nitrogens with zero attached hydrogens (tertiary/aromatic N) is 1. The van der Waals surface area contributed by atoms with E-state index in [2.05, 4.69) is 36.2 Å². The highest BCUT2D eigenvalue weighted by atomic mass is 16.1. The van der Waals surface area contributed by atoms with Crippen molar-refractivity contribution in [2.24, 2.45) is 0 Å². The Hall–Kier alpha value is -1.96. The molecule has 0 amide bonds. The maximum Gasteiger partial charge on any atom is 0.133 e. The van der Waals surface area contributed by atoms with E-state index in [0.717, 1.165) is 25.0 Å². The summed E-state index contributed by atoms with van der Waals surface area (Å²) < 4.78 is 0. The molecule has 0 bridgehead atoms. The van der Waals surface area contributed by atoms with E-state index in [9.17, 15) is 4.79 Å². The molecule has 3 rings (SSSR count). The van der Waals surface area contributed by atoms with Crippen LogP contribution in [0.2, 0.25) is 0 Å². The minimum atomic E-state index is 0.355. The summed E-state index contributed by atoms with van der Waals surface area (Å²) in [6.07, 6.45) is 5.39. The molecule has 1 unspecified atom stereocenters. The fourth-order valence-corrected chi connectivity index (χ4v) is 3.18. The van der Waals surface area contributed by atoms with Gasteiger partial charge in [0, 0.05) is 24.6 Å². The van der Waals surface area contributed by atoms with Gasteiger partial charge in [0.2, 0.25) is 0 Å². The molecular weight excluding hydrogens is 246 g/mol. The summed E-state index contributed by atoms with van der Waals surface area (Å²) in [5, 5.41) is 0. The van der Waals surface area contributed by atoms with Gasteiger partial charge in [-0.25, -0.2) is 0 Å². The Labute approximate surface area is 119 Å².